The van der Waals surface area contributed by atoms with E-state index in [1.807, 2.05) is 0 Å². The van der Waals surface area contributed by atoms with E-state index < -0.39 is 11.5 Å². The highest BCUT2D eigenvalue weighted by atomic mass is 35.5. The van der Waals surface area contributed by atoms with Gasteiger partial charge in [-0.1, -0.05) is 0 Å². The van der Waals surface area contributed by atoms with Crippen molar-refractivity contribution in [3.05, 3.63) is 23.8 Å². The minimum Gasteiger partial charge on any atom is -0.482 e. The van der Waals surface area contributed by atoms with Crippen molar-refractivity contribution in [2.75, 3.05) is 11.9 Å². The molecule has 29 heavy (non-hydrogen) atoms. The number of carbonyl (C=O) groups excluding carboxylic acids is 3. The number of fused-ring (bicyclic) bond motifs is 1. The van der Waals surface area contributed by atoms with Gasteiger partial charge >= 0.3 is 5.97 Å². The summed E-state index contributed by atoms with van der Waals surface area (Å²) in [6.45, 7) is 1.56. The topological polar surface area (TPSA) is 81.7 Å². The van der Waals surface area contributed by atoms with Crippen LogP contribution in [0.5, 0.6) is 5.75 Å². The van der Waals surface area contributed by atoms with Gasteiger partial charge in [-0.05, 0) is 75.5 Å². The molecule has 1 aliphatic heterocycles. The molecule has 4 aliphatic carbocycles. The number of esters is 1. The molecule has 0 aromatic heterocycles. The Balaban J connectivity index is 1.31. The zero-order valence-corrected chi connectivity index (χ0v) is 17.1. The number of rotatable bonds is 4. The summed E-state index contributed by atoms with van der Waals surface area (Å²) >= 11 is 6.82. The highest BCUT2D eigenvalue weighted by Crippen LogP contribution is 2.64. The average Bonchev–Trinajstić information content (AvgIpc) is 2.64. The molecule has 1 heterocycles. The number of halogens is 1. The summed E-state index contributed by atoms with van der Waals surface area (Å²) in [7, 11) is 0. The minimum absolute atomic E-state index is 0.0412. The van der Waals surface area contributed by atoms with Gasteiger partial charge in [-0.2, -0.15) is 0 Å². The Bertz CT molecular complexity index is 898. The monoisotopic (exact) mass is 417 g/mol. The van der Waals surface area contributed by atoms with Crippen molar-refractivity contribution in [2.24, 2.45) is 17.3 Å². The number of benzene rings is 1. The molecule has 1 N–H and O–H groups in total. The molecule has 1 amide bonds. The first-order chi connectivity index (χ1) is 13.8. The van der Waals surface area contributed by atoms with Crippen LogP contribution >= 0.6 is 11.6 Å². The Labute approximate surface area is 174 Å². The first kappa shape index (κ1) is 18.9. The van der Waals surface area contributed by atoms with Crippen LogP contribution < -0.4 is 10.1 Å². The summed E-state index contributed by atoms with van der Waals surface area (Å²) in [6, 6.07) is 4.84. The normalized spacial score (nSPS) is 35.3. The third-order valence-electron chi connectivity index (χ3n) is 6.97. The molecule has 7 heteroatoms. The van der Waals surface area contributed by atoms with Crippen LogP contribution in [0.15, 0.2) is 18.2 Å². The van der Waals surface area contributed by atoms with Crippen LogP contribution in [-0.4, -0.2) is 35.2 Å². The van der Waals surface area contributed by atoms with Crippen LogP contribution in [0.25, 0.3) is 0 Å². The van der Waals surface area contributed by atoms with E-state index in [-0.39, 0.29) is 29.1 Å². The molecule has 0 radical (unpaired) electrons. The molecule has 0 unspecified atom stereocenters. The molecule has 4 bridgehead atoms. The van der Waals surface area contributed by atoms with E-state index in [1.54, 1.807) is 25.1 Å². The van der Waals surface area contributed by atoms with Gasteiger partial charge in [0.2, 0.25) is 5.78 Å². The van der Waals surface area contributed by atoms with Crippen molar-refractivity contribution >= 4 is 34.9 Å². The van der Waals surface area contributed by atoms with Gasteiger partial charge in [0.25, 0.3) is 5.91 Å². The van der Waals surface area contributed by atoms with E-state index in [9.17, 15) is 14.4 Å². The van der Waals surface area contributed by atoms with Crippen LogP contribution in [0.4, 0.5) is 5.69 Å². The van der Waals surface area contributed by atoms with Gasteiger partial charge in [-0.15, -0.1) is 11.6 Å². The number of ketones is 1. The Kier molecular flexibility index (Phi) is 4.21. The van der Waals surface area contributed by atoms with Crippen molar-refractivity contribution in [3.8, 4) is 5.75 Å². The maximum absolute atomic E-state index is 13.2. The minimum atomic E-state index is -0.903. The van der Waals surface area contributed by atoms with Crippen LogP contribution in [-0.2, 0) is 14.3 Å². The van der Waals surface area contributed by atoms with E-state index >= 15 is 0 Å². The lowest BCUT2D eigenvalue weighted by Crippen LogP contribution is -2.56. The molecular formula is C22H24ClNO5. The van der Waals surface area contributed by atoms with Crippen molar-refractivity contribution in [1.82, 2.24) is 0 Å². The van der Waals surface area contributed by atoms with Crippen molar-refractivity contribution in [3.63, 3.8) is 0 Å². The van der Waals surface area contributed by atoms with Gasteiger partial charge in [-0.25, -0.2) is 0 Å². The number of hydrogen-bond acceptors (Lipinski definition) is 5. The van der Waals surface area contributed by atoms with E-state index in [4.69, 9.17) is 21.1 Å². The largest absolute Gasteiger partial charge is 0.482 e. The second-order valence-electron chi connectivity index (χ2n) is 9.35. The predicted octanol–water partition coefficient (Wildman–Crippen LogP) is 3.71. The molecule has 4 fully saturated rings. The molecule has 6 rings (SSSR count). The Morgan fingerprint density at radius 1 is 1.24 bits per heavy atom. The smallest absolute Gasteiger partial charge is 0.312 e. The van der Waals surface area contributed by atoms with E-state index in [0.29, 0.717) is 35.3 Å². The second-order valence-corrected chi connectivity index (χ2v) is 10.2. The van der Waals surface area contributed by atoms with Gasteiger partial charge in [0, 0.05) is 10.4 Å². The zero-order valence-electron chi connectivity index (χ0n) is 16.3. The SMILES string of the molecule is C[C@H](OC(=O)C12C[C@H]3C[C@@H](CC(Cl)(C3)C1)C2)C(=O)c1ccc2c(c1)NC(=O)CO2. The first-order valence-corrected chi connectivity index (χ1v) is 10.6. The van der Waals surface area contributed by atoms with E-state index in [2.05, 4.69) is 5.32 Å². The molecule has 5 aliphatic rings. The molecule has 154 valence electrons. The quantitative estimate of drug-likeness (QED) is 0.459. The van der Waals surface area contributed by atoms with Gasteiger partial charge < -0.3 is 14.8 Å². The average molecular weight is 418 g/mol. The van der Waals surface area contributed by atoms with Gasteiger partial charge in [0.05, 0.1) is 11.1 Å². The number of alkyl halides is 1. The molecular weight excluding hydrogens is 394 g/mol. The summed E-state index contributed by atoms with van der Waals surface area (Å²) in [6.07, 6.45) is 4.51. The number of carbonyl (C=O) groups is 3. The maximum atomic E-state index is 13.2. The van der Waals surface area contributed by atoms with Gasteiger partial charge in [0.1, 0.15) is 5.75 Å². The summed E-state index contributed by atoms with van der Waals surface area (Å²) in [4.78, 5) is 37.3. The highest BCUT2D eigenvalue weighted by molar-refractivity contribution is 6.24. The van der Waals surface area contributed by atoms with Gasteiger partial charge in [0.15, 0.2) is 12.7 Å². The highest BCUT2D eigenvalue weighted by Gasteiger charge is 2.61. The van der Waals surface area contributed by atoms with Crippen LogP contribution in [0.2, 0.25) is 0 Å². The second kappa shape index (κ2) is 6.46. The number of nitrogens with one attached hydrogen (secondary N) is 1. The third kappa shape index (κ3) is 3.21. The van der Waals surface area contributed by atoms with Crippen LogP contribution in [0.3, 0.4) is 0 Å². The summed E-state index contributed by atoms with van der Waals surface area (Å²) in [5.41, 5.74) is 0.280. The number of Topliss-reactive ketones (excluding diaryl/α,β-unsaturated/α-hetero) is 1. The lowest BCUT2D eigenvalue weighted by atomic mass is 9.49. The van der Waals surface area contributed by atoms with Crippen molar-refractivity contribution in [2.45, 2.75) is 56.4 Å². The molecule has 4 saturated carbocycles. The van der Waals surface area contributed by atoms with Gasteiger partial charge in [-0.3, -0.25) is 14.4 Å². The number of amides is 1. The van der Waals surface area contributed by atoms with Crippen molar-refractivity contribution < 1.29 is 23.9 Å². The Morgan fingerprint density at radius 3 is 2.66 bits per heavy atom. The number of ether oxygens (including phenoxy) is 2. The Hall–Kier alpha value is -2.08. The fourth-order valence-electron chi connectivity index (χ4n) is 6.20. The van der Waals surface area contributed by atoms with Crippen LogP contribution in [0, 0.1) is 17.3 Å². The standard InChI is InChI=1S/C22H24ClNO5/c1-12(19(26)15-2-3-17-16(5-15)24-18(25)10-28-17)29-20(27)21-6-13-4-14(7-21)9-22(23,8-13)11-21/h2-3,5,12-14H,4,6-11H2,1H3,(H,24,25)/t12-,13+,14+,21?,22?/m0/s1. The first-order valence-electron chi connectivity index (χ1n) is 10.3. The molecule has 1 aromatic carbocycles. The Morgan fingerprint density at radius 2 is 1.97 bits per heavy atom. The molecule has 0 spiro atoms. The fourth-order valence-corrected chi connectivity index (χ4v) is 6.89. The fraction of sp³-hybridized carbons (Fsp3) is 0.591. The third-order valence-corrected chi connectivity index (χ3v) is 7.41. The predicted molar refractivity (Wildman–Crippen MR) is 106 cm³/mol. The summed E-state index contributed by atoms with van der Waals surface area (Å²) in [5.74, 6) is 0.636. The number of anilines is 1. The lowest BCUT2D eigenvalue weighted by Gasteiger charge is -2.58. The maximum Gasteiger partial charge on any atom is 0.312 e. The van der Waals surface area contributed by atoms with E-state index in [0.717, 1.165) is 32.1 Å². The van der Waals surface area contributed by atoms with E-state index in [1.165, 1.54) is 0 Å². The molecule has 6 nitrogen and oxygen atoms in total. The summed E-state index contributed by atoms with van der Waals surface area (Å²) in [5, 5.41) is 2.69. The van der Waals surface area contributed by atoms with Crippen molar-refractivity contribution in [1.29, 1.82) is 0 Å². The number of hydrogen-bond donors (Lipinski definition) is 1. The summed E-state index contributed by atoms with van der Waals surface area (Å²) < 4.78 is 11.0. The molecule has 3 atom stereocenters. The zero-order chi connectivity index (χ0) is 20.4. The molecule has 0 saturated heterocycles. The lowest BCUT2D eigenvalue weighted by molar-refractivity contribution is -0.172. The van der Waals surface area contributed by atoms with Crippen LogP contribution in [0.1, 0.15) is 55.8 Å². The molecule has 1 aromatic rings.